The fourth-order valence-electron chi connectivity index (χ4n) is 7.15. The quantitative estimate of drug-likeness (QED) is 0.0946. The molecule has 2 aliphatic rings. The number of fused-ring (bicyclic) bond motifs is 3. The number of cyclic esters (lactones) is 1. The Balaban J connectivity index is 1.14. The summed E-state index contributed by atoms with van der Waals surface area (Å²) in [5, 5.41) is 3.22. The molecule has 0 radical (unpaired) electrons. The number of aryl methyl sites for hydroxylation is 1. The van der Waals surface area contributed by atoms with Crippen LogP contribution in [-0.4, -0.2) is 59.0 Å². The number of amides is 1. The van der Waals surface area contributed by atoms with Crippen LogP contribution in [0.1, 0.15) is 120 Å². The standard InChI is InChI=1S/C42H57NO10/c1-48-35-25-23-31-32(28-34(35)44)33(24-22-29-27-36(49-2)41(50-3)42(51-4)40(29)31)43-37(45)19-13-9-7-5-6-8-10-14-20-38(46)52-26-15-11-12-17-30-18-16-21-39(47)53-30/h16,21,23,25,27-28,30,33H,5-15,17-20,22,24,26H2,1-4H3,(H,43,45)/t30-,33-/m0/s1. The van der Waals surface area contributed by atoms with Crippen molar-refractivity contribution in [3.05, 3.63) is 57.8 Å². The number of hydrogen-bond donors (Lipinski definition) is 1. The Labute approximate surface area is 313 Å². The van der Waals surface area contributed by atoms with Crippen molar-refractivity contribution in [2.45, 2.75) is 121 Å². The molecule has 2 aromatic rings. The Bertz CT molecular complexity index is 1620. The van der Waals surface area contributed by atoms with E-state index in [2.05, 4.69) is 5.32 Å². The van der Waals surface area contributed by atoms with Crippen LogP contribution in [0.2, 0.25) is 0 Å². The molecule has 11 heteroatoms. The zero-order chi connectivity index (χ0) is 38.0. The lowest BCUT2D eigenvalue weighted by atomic mass is 9.95. The zero-order valence-electron chi connectivity index (χ0n) is 31.9. The van der Waals surface area contributed by atoms with Gasteiger partial charge in [-0.3, -0.25) is 14.4 Å². The third-order valence-electron chi connectivity index (χ3n) is 9.96. The smallest absolute Gasteiger partial charge is 0.330 e. The highest BCUT2D eigenvalue weighted by molar-refractivity contribution is 5.84. The lowest BCUT2D eigenvalue weighted by Crippen LogP contribution is -2.28. The van der Waals surface area contributed by atoms with Crippen molar-refractivity contribution in [2.75, 3.05) is 35.0 Å². The van der Waals surface area contributed by atoms with Gasteiger partial charge >= 0.3 is 11.9 Å². The minimum atomic E-state index is -0.382. The van der Waals surface area contributed by atoms with E-state index in [9.17, 15) is 19.2 Å². The maximum atomic E-state index is 13.2. The maximum absolute atomic E-state index is 13.2. The molecule has 2 atom stereocenters. The number of ether oxygens (including phenoxy) is 6. The van der Waals surface area contributed by atoms with Crippen LogP contribution < -0.4 is 29.7 Å². The Morgan fingerprint density at radius 1 is 0.774 bits per heavy atom. The first-order valence-electron chi connectivity index (χ1n) is 19.2. The molecule has 0 unspecified atom stereocenters. The van der Waals surface area contributed by atoms with Gasteiger partial charge in [-0.05, 0) is 86.3 Å². The number of unbranched alkanes of at least 4 members (excludes halogenated alkanes) is 9. The van der Waals surface area contributed by atoms with Crippen LogP contribution in [0.3, 0.4) is 0 Å². The van der Waals surface area contributed by atoms with Crippen molar-refractivity contribution >= 4 is 17.8 Å². The molecule has 0 saturated carbocycles. The fraction of sp³-hybridized carbons (Fsp3) is 0.571. The third kappa shape index (κ3) is 12.3. The van der Waals surface area contributed by atoms with Gasteiger partial charge in [-0.15, -0.1) is 0 Å². The SMILES string of the molecule is COc1cc2c(c(OC)c1OC)-c1ccc(OC)c(=O)cc1[C@@H](NC(=O)CCCCCCCCCCC(=O)OCCCCC[C@H]1CC=CC(=O)O1)CC2. The van der Waals surface area contributed by atoms with Gasteiger partial charge in [-0.1, -0.05) is 50.7 Å². The van der Waals surface area contributed by atoms with Crippen molar-refractivity contribution in [2.24, 2.45) is 0 Å². The van der Waals surface area contributed by atoms with Crippen molar-refractivity contribution < 1.29 is 42.8 Å². The number of nitrogens with one attached hydrogen (secondary N) is 1. The molecule has 1 aliphatic carbocycles. The number of carbonyl (C=O) groups excluding carboxylic acids is 3. The molecule has 1 amide bonds. The van der Waals surface area contributed by atoms with Crippen molar-refractivity contribution in [3.63, 3.8) is 0 Å². The van der Waals surface area contributed by atoms with Gasteiger partial charge in [-0.2, -0.15) is 0 Å². The summed E-state index contributed by atoms with van der Waals surface area (Å²) in [6.45, 7) is 0.443. The van der Waals surface area contributed by atoms with Gasteiger partial charge in [0.05, 0.1) is 41.1 Å². The summed E-state index contributed by atoms with van der Waals surface area (Å²) in [7, 11) is 6.18. The Kier molecular flexibility index (Phi) is 17.0. The Hall–Kier alpha value is -4.54. The monoisotopic (exact) mass is 735 g/mol. The second-order valence-electron chi connectivity index (χ2n) is 13.7. The van der Waals surface area contributed by atoms with E-state index in [4.69, 9.17) is 28.4 Å². The lowest BCUT2D eigenvalue weighted by Gasteiger charge is -2.20. The second kappa shape index (κ2) is 21.9. The molecule has 0 aromatic heterocycles. The van der Waals surface area contributed by atoms with E-state index in [-0.39, 0.29) is 41.2 Å². The number of esters is 2. The van der Waals surface area contributed by atoms with Gasteiger partial charge in [0.1, 0.15) is 6.10 Å². The molecule has 0 spiro atoms. The predicted molar refractivity (Wildman–Crippen MR) is 203 cm³/mol. The summed E-state index contributed by atoms with van der Waals surface area (Å²) in [6, 6.07) is 6.62. The number of benzene rings is 1. The molecule has 4 rings (SSSR count). The predicted octanol–water partition coefficient (Wildman–Crippen LogP) is 7.73. The van der Waals surface area contributed by atoms with Gasteiger partial charge in [0.25, 0.3) is 0 Å². The molecule has 0 fully saturated rings. The lowest BCUT2D eigenvalue weighted by molar-refractivity contribution is -0.145. The first kappa shape index (κ1) is 41.2. The highest BCUT2D eigenvalue weighted by atomic mass is 16.5. The molecule has 0 bridgehead atoms. The molecule has 0 saturated heterocycles. The number of rotatable bonds is 22. The van der Waals surface area contributed by atoms with Gasteiger partial charge in [0.2, 0.25) is 17.1 Å². The molecule has 1 N–H and O–H groups in total. The van der Waals surface area contributed by atoms with Crippen LogP contribution in [-0.2, 0) is 30.3 Å². The van der Waals surface area contributed by atoms with Crippen molar-refractivity contribution in [1.29, 1.82) is 0 Å². The second-order valence-corrected chi connectivity index (χ2v) is 13.7. The maximum Gasteiger partial charge on any atom is 0.330 e. The minimum absolute atomic E-state index is 0.0221. The summed E-state index contributed by atoms with van der Waals surface area (Å²) in [5.41, 5.74) is 2.98. The van der Waals surface area contributed by atoms with Crippen LogP contribution in [0, 0.1) is 0 Å². The van der Waals surface area contributed by atoms with E-state index in [1.54, 1.807) is 33.5 Å². The topological polar surface area (TPSA) is 136 Å². The minimum Gasteiger partial charge on any atom is -0.493 e. The summed E-state index contributed by atoms with van der Waals surface area (Å²) in [5.74, 6) is 1.29. The van der Waals surface area contributed by atoms with Crippen LogP contribution >= 0.6 is 0 Å². The van der Waals surface area contributed by atoms with Crippen LogP contribution in [0.25, 0.3) is 11.1 Å². The van der Waals surface area contributed by atoms with E-state index >= 15 is 0 Å². The largest absolute Gasteiger partial charge is 0.493 e. The molecule has 1 aliphatic heterocycles. The van der Waals surface area contributed by atoms with Crippen LogP contribution in [0.4, 0.5) is 0 Å². The number of carbonyl (C=O) groups is 3. The summed E-state index contributed by atoms with van der Waals surface area (Å²) in [4.78, 5) is 49.7. The van der Waals surface area contributed by atoms with E-state index in [1.165, 1.54) is 13.2 Å². The highest BCUT2D eigenvalue weighted by Crippen LogP contribution is 2.50. The first-order valence-corrected chi connectivity index (χ1v) is 19.2. The number of methoxy groups -OCH3 is 4. The van der Waals surface area contributed by atoms with Gasteiger partial charge in [0, 0.05) is 30.9 Å². The van der Waals surface area contributed by atoms with E-state index < -0.39 is 0 Å². The van der Waals surface area contributed by atoms with Crippen LogP contribution in [0.5, 0.6) is 23.0 Å². The third-order valence-corrected chi connectivity index (χ3v) is 9.96. The normalized spacial score (nSPS) is 16.0. The molecule has 11 nitrogen and oxygen atoms in total. The molecule has 1 heterocycles. The number of hydrogen-bond acceptors (Lipinski definition) is 10. The molecular formula is C42H57NO10. The molecular weight excluding hydrogens is 678 g/mol. The van der Waals surface area contributed by atoms with Gasteiger partial charge in [0.15, 0.2) is 17.2 Å². The highest BCUT2D eigenvalue weighted by Gasteiger charge is 2.30. The summed E-state index contributed by atoms with van der Waals surface area (Å²) in [6.07, 6.45) is 17.6. The molecule has 53 heavy (non-hydrogen) atoms. The van der Waals surface area contributed by atoms with Gasteiger partial charge in [-0.25, -0.2) is 4.79 Å². The molecule has 2 aromatic carbocycles. The average molecular weight is 736 g/mol. The zero-order valence-corrected chi connectivity index (χ0v) is 31.9. The van der Waals surface area contributed by atoms with Gasteiger partial charge < -0.3 is 33.7 Å². The van der Waals surface area contributed by atoms with E-state index in [0.717, 1.165) is 100 Å². The Morgan fingerprint density at radius 2 is 1.45 bits per heavy atom. The van der Waals surface area contributed by atoms with Crippen molar-refractivity contribution in [3.8, 4) is 34.1 Å². The van der Waals surface area contributed by atoms with Crippen LogP contribution in [0.15, 0.2) is 41.2 Å². The van der Waals surface area contributed by atoms with Crippen molar-refractivity contribution in [1.82, 2.24) is 5.32 Å². The molecule has 290 valence electrons. The summed E-state index contributed by atoms with van der Waals surface area (Å²) >= 11 is 0. The fourth-order valence-corrected chi connectivity index (χ4v) is 7.15. The average Bonchev–Trinajstić information content (AvgIpc) is 3.40. The summed E-state index contributed by atoms with van der Waals surface area (Å²) < 4.78 is 33.1. The van der Waals surface area contributed by atoms with E-state index in [1.807, 2.05) is 18.2 Å². The van der Waals surface area contributed by atoms with E-state index in [0.29, 0.717) is 55.1 Å². The first-order chi connectivity index (χ1) is 25.8. The Morgan fingerprint density at radius 3 is 2.13 bits per heavy atom.